The van der Waals surface area contributed by atoms with E-state index in [4.69, 9.17) is 81.4 Å². The van der Waals surface area contributed by atoms with E-state index >= 15 is 0 Å². The van der Waals surface area contributed by atoms with Crippen LogP contribution in [0.5, 0.6) is 23.0 Å². The van der Waals surface area contributed by atoms with Gasteiger partial charge < -0.3 is 81.4 Å². The van der Waals surface area contributed by atoms with Crippen LogP contribution < -0.4 is 18.1 Å². The lowest BCUT2D eigenvalue weighted by molar-refractivity contribution is -0.0746. The molecule has 4 aromatic carbocycles. The second kappa shape index (κ2) is 42.7. The van der Waals surface area contributed by atoms with Crippen LogP contribution in [0.2, 0.25) is 0 Å². The zero-order valence-corrected chi connectivity index (χ0v) is 79.7. The Hall–Kier alpha value is -1.90. The third-order valence-electron chi connectivity index (χ3n) is 21.0. The van der Waals surface area contributed by atoms with Gasteiger partial charge in [-0.25, -0.2) is 0 Å². The lowest BCUT2D eigenvalue weighted by Gasteiger charge is -2.42. The van der Waals surface area contributed by atoms with E-state index in [1.165, 1.54) is 141 Å². The van der Waals surface area contributed by atoms with Gasteiger partial charge in [0, 0.05) is 40.5 Å². The summed E-state index contributed by atoms with van der Waals surface area (Å²) in [6, 6.07) is 21.6. The number of aryl methyl sites for hydroxylation is 3. The van der Waals surface area contributed by atoms with E-state index in [9.17, 15) is 0 Å². The number of unbranched alkanes of at least 4 members (excludes halogenated alkanes) is 15. The summed E-state index contributed by atoms with van der Waals surface area (Å²) in [5, 5.41) is 0. The Morgan fingerprint density at radius 2 is 0.540 bits per heavy atom. The lowest BCUT2D eigenvalue weighted by atomic mass is 9.78. The van der Waals surface area contributed by atoms with Crippen LogP contribution in [-0.4, -0.2) is 93.0 Å². The van der Waals surface area contributed by atoms with Crippen LogP contribution in [-0.2, 0) is 101 Å². The summed E-state index contributed by atoms with van der Waals surface area (Å²) in [7, 11) is -6.93. The smallest absolute Gasteiger partial charge is 0.397 e. The van der Waals surface area contributed by atoms with Crippen molar-refractivity contribution in [1.82, 2.24) is 0 Å². The fourth-order valence-corrected chi connectivity index (χ4v) is 21.1. The fourth-order valence-electron chi connectivity index (χ4n) is 13.7. The van der Waals surface area contributed by atoms with Crippen LogP contribution in [0.4, 0.5) is 0 Å². The minimum atomic E-state index is -1.56. The molecule has 24 heteroatoms. The topological polar surface area (TPSA) is 166 Å². The highest BCUT2D eigenvalue weighted by Crippen LogP contribution is 2.59. The molecule has 640 valence electrons. The molecular weight excluding hydrogens is 1540 g/mol. The van der Waals surface area contributed by atoms with Crippen LogP contribution in [0.1, 0.15) is 311 Å². The molecular formula is C89H146O18P6. The predicted molar refractivity (Wildman–Crippen MR) is 466 cm³/mol. The van der Waals surface area contributed by atoms with Crippen LogP contribution in [0.3, 0.4) is 0 Å². The Balaban J connectivity index is 0.000000215. The summed E-state index contributed by atoms with van der Waals surface area (Å²) < 4.78 is 109. The van der Waals surface area contributed by atoms with Gasteiger partial charge in [-0.05, 0) is 82.8 Å². The fraction of sp³-hybridized carbons (Fsp3) is 0.730. The third-order valence-corrected chi connectivity index (χ3v) is 27.2. The molecule has 6 saturated heterocycles. The molecule has 0 aliphatic carbocycles. The number of benzene rings is 4. The van der Waals surface area contributed by atoms with Gasteiger partial charge in [0.1, 0.15) is 23.0 Å². The van der Waals surface area contributed by atoms with Crippen molar-refractivity contribution >= 4 is 51.6 Å². The summed E-state index contributed by atoms with van der Waals surface area (Å²) in [5.41, 5.74) is 10.5. The highest BCUT2D eigenvalue weighted by molar-refractivity contribution is 7.43. The van der Waals surface area contributed by atoms with E-state index in [0.29, 0.717) is 79.3 Å². The van der Waals surface area contributed by atoms with Gasteiger partial charge in [0.2, 0.25) is 0 Å². The molecule has 0 saturated carbocycles. The molecule has 0 unspecified atom stereocenters. The van der Waals surface area contributed by atoms with E-state index in [0.717, 1.165) is 47.2 Å². The van der Waals surface area contributed by atoms with E-state index in [-0.39, 0.29) is 48.7 Å². The van der Waals surface area contributed by atoms with E-state index in [2.05, 4.69) is 228 Å². The van der Waals surface area contributed by atoms with Crippen molar-refractivity contribution in [1.29, 1.82) is 0 Å². The maximum absolute atomic E-state index is 6.58. The highest BCUT2D eigenvalue weighted by Gasteiger charge is 2.49. The summed E-state index contributed by atoms with van der Waals surface area (Å²) >= 11 is 0. The molecule has 6 aliphatic rings. The summed E-state index contributed by atoms with van der Waals surface area (Å²) in [6.45, 7) is 61.6. The molecule has 0 atom stereocenters. The molecule has 6 heterocycles. The zero-order valence-electron chi connectivity index (χ0n) is 74.3. The minimum absolute atomic E-state index is 0.0458. The molecule has 0 amide bonds. The van der Waals surface area contributed by atoms with Gasteiger partial charge in [0.25, 0.3) is 0 Å². The van der Waals surface area contributed by atoms with Gasteiger partial charge in [-0.1, -0.05) is 314 Å². The first-order valence-corrected chi connectivity index (χ1v) is 48.3. The van der Waals surface area contributed by atoms with Gasteiger partial charge in [-0.15, -0.1) is 0 Å². The zero-order chi connectivity index (χ0) is 82.9. The van der Waals surface area contributed by atoms with Crippen molar-refractivity contribution in [3.63, 3.8) is 0 Å². The molecule has 10 rings (SSSR count). The monoisotopic (exact) mass is 1690 g/mol. The molecule has 0 bridgehead atoms. The standard InChI is InChI=1S/C35H54O6P2.C30H44O6P2.C24H48O6P2/c1-23-15-25(31(3,4)5)29(26(16-23)32(6,7)8)40-42-36-19-35(20-37-42)21-38-43(39-22-35)41-30-27(33(9,10)11)17-24(2)18-28(30)34(12,13)14;1-21-11-13-25(23(15-21)28(5,6)7)35-37-31-17-30(18-32-37)19-33-38(34-20-30)36-26-14-12-22(27(2,3)4)16-24(26)29(8,9)10;1-3-4-5-6-7-8-9-10-11-12-13-14-15-16-17-18-19-26-32-29-22-24(23-30-32)20-27-31(25-2)28-21-24/h15-18H,19-22H2,1-14H3;11-16H,17-20H2,1-10H3;3-23H2,1-2H3. The molecule has 0 radical (unpaired) electrons. The number of rotatable bonds is 27. The van der Waals surface area contributed by atoms with Crippen molar-refractivity contribution in [2.24, 2.45) is 16.2 Å². The normalized spacial score (nSPS) is 24.8. The summed E-state index contributed by atoms with van der Waals surface area (Å²) in [4.78, 5) is 0. The van der Waals surface area contributed by atoms with Crippen LogP contribution in [0, 0.1) is 37.0 Å². The maximum atomic E-state index is 6.58. The largest absolute Gasteiger partial charge is 0.426 e. The molecule has 3 spiro atoms. The minimum Gasteiger partial charge on any atom is -0.426 e. The Labute approximate surface area is 691 Å². The third kappa shape index (κ3) is 30.0. The lowest BCUT2D eigenvalue weighted by Crippen LogP contribution is -2.45. The first kappa shape index (κ1) is 96.6. The van der Waals surface area contributed by atoms with Crippen molar-refractivity contribution in [2.75, 3.05) is 93.0 Å². The van der Waals surface area contributed by atoms with Crippen molar-refractivity contribution in [3.8, 4) is 23.0 Å². The van der Waals surface area contributed by atoms with E-state index in [1.54, 1.807) is 7.11 Å². The predicted octanol–water partition coefficient (Wildman–Crippen LogP) is 27.8. The SMILES string of the molecule is CCCCCCCCCCCCCCCCCCOP1OCC2(COP(OC)OC2)CO1.Cc1cc(C(C)(C)C)c(OP2OCC3(CO2)COP(Oc2c(C(C)(C)C)cc(C)cc2C(C)(C)C)OC3)c(C(C)(C)C)c1.Cc1ccc(OP2OCC3(CO2)COP(Oc2ccc(C(C)(C)C)cc2C(C)(C)C)OC3)c(C(C)(C)C)c1. The molecule has 6 fully saturated rings. The molecule has 18 nitrogen and oxygen atoms in total. The maximum Gasteiger partial charge on any atom is 0.397 e. The van der Waals surface area contributed by atoms with Crippen molar-refractivity contribution < 1.29 is 81.4 Å². The summed E-state index contributed by atoms with van der Waals surface area (Å²) in [5.74, 6) is 3.38. The highest BCUT2D eigenvalue weighted by atomic mass is 31.2. The average molecular weight is 1690 g/mol. The van der Waals surface area contributed by atoms with Crippen LogP contribution in [0.15, 0.2) is 60.7 Å². The second-order valence-corrected chi connectivity index (χ2v) is 46.8. The molecule has 4 aromatic rings. The first-order chi connectivity index (χ1) is 52.9. The summed E-state index contributed by atoms with van der Waals surface area (Å²) in [6.07, 6.45) is 22.0. The molecule has 6 aliphatic heterocycles. The Morgan fingerprint density at radius 3 is 0.832 bits per heavy atom. The molecule has 0 N–H and O–H groups in total. The first-order valence-electron chi connectivity index (χ1n) is 41.7. The molecule has 0 aromatic heterocycles. The van der Waals surface area contributed by atoms with Gasteiger partial charge in [-0.3, -0.25) is 0 Å². The Bertz CT molecular complexity index is 3340. The average Bonchev–Trinajstić information content (AvgIpc) is 0.785. The van der Waals surface area contributed by atoms with Gasteiger partial charge in [-0.2, -0.15) is 0 Å². The number of hydrogen-bond donors (Lipinski definition) is 0. The van der Waals surface area contributed by atoms with Crippen LogP contribution in [0.25, 0.3) is 0 Å². The number of hydrogen-bond acceptors (Lipinski definition) is 18. The van der Waals surface area contributed by atoms with Gasteiger partial charge in [0.05, 0.1) is 102 Å². The van der Waals surface area contributed by atoms with Crippen LogP contribution >= 0.6 is 51.6 Å². The molecule has 113 heavy (non-hydrogen) atoms. The van der Waals surface area contributed by atoms with E-state index in [1.807, 2.05) is 6.07 Å². The van der Waals surface area contributed by atoms with Crippen molar-refractivity contribution in [3.05, 3.63) is 116 Å². The Kier molecular flexibility index (Phi) is 36.5. The van der Waals surface area contributed by atoms with Gasteiger partial charge >= 0.3 is 51.6 Å². The van der Waals surface area contributed by atoms with Gasteiger partial charge in [0.15, 0.2) is 0 Å². The second-order valence-electron chi connectivity index (χ2n) is 39.6. The van der Waals surface area contributed by atoms with Crippen molar-refractivity contribution in [2.45, 2.75) is 314 Å². The quantitative estimate of drug-likeness (QED) is 0.0408. The van der Waals surface area contributed by atoms with E-state index < -0.39 is 57.0 Å². The Morgan fingerprint density at radius 1 is 0.283 bits per heavy atom.